The SMILES string of the molecule is O=C1[C@H](CC[C@H](O)c2ccccc2)[C@@H](c2ccc(-c3ccc([C@@H]4O[C@H](CO)[C@@H](O)[C@H](O)[C@H]4O)cc3)cc2O)N1c1ccccc1. The number of aromatic hydroxyl groups is 1. The number of hydrogen-bond donors (Lipinski definition) is 6. The van der Waals surface area contributed by atoms with Crippen LogP contribution in [0.3, 0.4) is 0 Å². The highest BCUT2D eigenvalue weighted by molar-refractivity contribution is 6.03. The summed E-state index contributed by atoms with van der Waals surface area (Å²) < 4.78 is 5.67. The Balaban J connectivity index is 1.23. The highest BCUT2D eigenvalue weighted by Gasteiger charge is 2.49. The summed E-state index contributed by atoms with van der Waals surface area (Å²) in [5.74, 6) is -0.436. The lowest BCUT2D eigenvalue weighted by molar-refractivity contribution is -0.231. The van der Waals surface area contributed by atoms with E-state index in [9.17, 15) is 35.4 Å². The first-order valence-electron chi connectivity index (χ1n) is 15.1. The molecule has 45 heavy (non-hydrogen) atoms. The largest absolute Gasteiger partial charge is 0.508 e. The molecule has 2 saturated heterocycles. The van der Waals surface area contributed by atoms with Crippen molar-refractivity contribution in [2.24, 2.45) is 5.92 Å². The maximum atomic E-state index is 13.4. The Bertz CT molecular complexity index is 1600. The lowest BCUT2D eigenvalue weighted by Crippen LogP contribution is -2.55. The van der Waals surface area contributed by atoms with Gasteiger partial charge in [-0.25, -0.2) is 0 Å². The van der Waals surface area contributed by atoms with Crippen molar-refractivity contribution in [2.75, 3.05) is 11.5 Å². The van der Waals surface area contributed by atoms with Gasteiger partial charge in [-0.2, -0.15) is 0 Å². The average molecular weight is 612 g/mol. The Labute approximate surface area is 261 Å². The van der Waals surface area contributed by atoms with Crippen LogP contribution in [0.2, 0.25) is 0 Å². The van der Waals surface area contributed by atoms with Gasteiger partial charge in [-0.1, -0.05) is 84.9 Å². The topological polar surface area (TPSA) is 151 Å². The third kappa shape index (κ3) is 5.98. The predicted molar refractivity (Wildman–Crippen MR) is 167 cm³/mol. The molecule has 0 saturated carbocycles. The number of anilines is 1. The van der Waals surface area contributed by atoms with Gasteiger partial charge in [-0.3, -0.25) is 4.79 Å². The quantitative estimate of drug-likeness (QED) is 0.157. The summed E-state index contributed by atoms with van der Waals surface area (Å²) in [5.41, 5.74) is 4.20. The van der Waals surface area contributed by atoms with Gasteiger partial charge in [-0.05, 0) is 53.3 Å². The second kappa shape index (κ2) is 13.1. The minimum absolute atomic E-state index is 0.0394. The van der Waals surface area contributed by atoms with E-state index in [-0.39, 0.29) is 11.7 Å². The number of rotatable bonds is 9. The summed E-state index contributed by atoms with van der Waals surface area (Å²) >= 11 is 0. The number of phenolic OH excluding ortho intramolecular Hbond substituents is 1. The predicted octanol–water partition coefficient (Wildman–Crippen LogP) is 3.79. The molecule has 0 aliphatic carbocycles. The molecule has 2 aliphatic rings. The molecule has 1 amide bonds. The van der Waals surface area contributed by atoms with Gasteiger partial charge in [0.1, 0.15) is 36.3 Å². The van der Waals surface area contributed by atoms with Crippen LogP contribution in [-0.2, 0) is 9.53 Å². The Kier molecular flexibility index (Phi) is 9.00. The van der Waals surface area contributed by atoms with Crippen molar-refractivity contribution < 1.29 is 40.2 Å². The second-order valence-electron chi connectivity index (χ2n) is 11.7. The smallest absolute Gasteiger partial charge is 0.233 e. The minimum Gasteiger partial charge on any atom is -0.508 e. The molecule has 9 heteroatoms. The fourth-order valence-corrected chi connectivity index (χ4v) is 6.46. The summed E-state index contributed by atoms with van der Waals surface area (Å²) in [6.45, 7) is -0.506. The first kappa shape index (κ1) is 30.9. The number of benzene rings is 4. The van der Waals surface area contributed by atoms with Crippen molar-refractivity contribution in [3.05, 3.63) is 120 Å². The van der Waals surface area contributed by atoms with E-state index in [2.05, 4.69) is 0 Å². The van der Waals surface area contributed by atoms with Gasteiger partial charge in [0.15, 0.2) is 0 Å². The van der Waals surface area contributed by atoms with Crippen molar-refractivity contribution in [2.45, 2.75) is 55.5 Å². The molecule has 9 nitrogen and oxygen atoms in total. The molecule has 4 aromatic rings. The Morgan fingerprint density at radius 3 is 2.07 bits per heavy atom. The van der Waals surface area contributed by atoms with Crippen molar-refractivity contribution in [3.63, 3.8) is 0 Å². The van der Waals surface area contributed by atoms with Crippen LogP contribution in [0.5, 0.6) is 5.75 Å². The zero-order chi connectivity index (χ0) is 31.7. The summed E-state index contributed by atoms with van der Waals surface area (Å²) in [4.78, 5) is 15.1. The van der Waals surface area contributed by atoms with E-state index < -0.39 is 55.2 Å². The van der Waals surface area contributed by atoms with E-state index in [1.807, 2.05) is 72.8 Å². The first-order valence-corrected chi connectivity index (χ1v) is 15.1. The molecule has 6 rings (SSSR count). The molecular formula is C36H37NO8. The van der Waals surface area contributed by atoms with E-state index >= 15 is 0 Å². The number of β-lactam (4-membered cyclic amide) rings is 1. The lowest BCUT2D eigenvalue weighted by atomic mass is 9.77. The molecule has 234 valence electrons. The van der Waals surface area contributed by atoms with Crippen LogP contribution in [0.4, 0.5) is 5.69 Å². The second-order valence-corrected chi connectivity index (χ2v) is 11.7. The fourth-order valence-electron chi connectivity index (χ4n) is 6.46. The van der Waals surface area contributed by atoms with Gasteiger partial charge < -0.3 is 40.3 Å². The van der Waals surface area contributed by atoms with Crippen LogP contribution in [0, 0.1) is 5.92 Å². The van der Waals surface area contributed by atoms with E-state index in [0.29, 0.717) is 24.0 Å². The number of phenols is 1. The molecular weight excluding hydrogens is 574 g/mol. The van der Waals surface area contributed by atoms with Crippen molar-refractivity contribution >= 4 is 11.6 Å². The average Bonchev–Trinajstić information content (AvgIpc) is 3.07. The number of hydrogen-bond acceptors (Lipinski definition) is 8. The highest BCUT2D eigenvalue weighted by Crippen LogP contribution is 2.49. The van der Waals surface area contributed by atoms with E-state index in [1.165, 1.54) is 0 Å². The Morgan fingerprint density at radius 2 is 1.42 bits per heavy atom. The number of para-hydroxylation sites is 1. The maximum absolute atomic E-state index is 13.4. The molecule has 0 unspecified atom stereocenters. The molecule has 8 atom stereocenters. The Hall–Kier alpha value is -4.09. The molecule has 2 aliphatic heterocycles. The third-order valence-corrected chi connectivity index (χ3v) is 9.00. The van der Waals surface area contributed by atoms with Crippen LogP contribution >= 0.6 is 0 Å². The number of carbonyl (C=O) groups excluding carboxylic acids is 1. The molecule has 2 fully saturated rings. The standard InChI is InChI=1S/C36H37NO8/c38-20-30-32(41)33(42)34(43)35(45-30)23-13-11-21(12-14-23)24-15-16-26(29(40)19-24)31-27(17-18-28(39)22-7-3-1-4-8-22)36(44)37(31)25-9-5-2-6-10-25/h1-16,19,27-28,30-35,38-43H,17-18,20H2/t27-,28+,30-,31-,32-,33+,34-,35+/m1/s1. The van der Waals surface area contributed by atoms with Gasteiger partial charge in [0, 0.05) is 11.3 Å². The summed E-state index contributed by atoms with van der Waals surface area (Å²) in [5, 5.41) is 62.3. The van der Waals surface area contributed by atoms with Gasteiger partial charge in [0.25, 0.3) is 0 Å². The molecule has 0 bridgehead atoms. The molecule has 4 aromatic carbocycles. The number of amides is 1. The number of aliphatic hydroxyl groups excluding tert-OH is 5. The minimum atomic E-state index is -1.47. The van der Waals surface area contributed by atoms with E-state index in [4.69, 9.17) is 4.74 Å². The van der Waals surface area contributed by atoms with Crippen LogP contribution in [0.1, 0.15) is 47.8 Å². The van der Waals surface area contributed by atoms with Crippen LogP contribution in [0.15, 0.2) is 103 Å². The highest BCUT2D eigenvalue weighted by atomic mass is 16.5. The number of aliphatic hydroxyl groups is 5. The van der Waals surface area contributed by atoms with Gasteiger partial charge in [0.2, 0.25) is 5.91 Å². The monoisotopic (exact) mass is 611 g/mol. The normalized spacial score (nSPS) is 27.2. The fraction of sp³-hybridized carbons (Fsp3) is 0.306. The van der Waals surface area contributed by atoms with Crippen LogP contribution in [0.25, 0.3) is 11.1 Å². The van der Waals surface area contributed by atoms with E-state index in [0.717, 1.165) is 22.4 Å². The van der Waals surface area contributed by atoms with Crippen molar-refractivity contribution in [1.82, 2.24) is 0 Å². The molecule has 0 radical (unpaired) electrons. The van der Waals surface area contributed by atoms with Gasteiger partial charge >= 0.3 is 0 Å². The molecule has 0 spiro atoms. The lowest BCUT2D eigenvalue weighted by Gasteiger charge is -2.48. The molecule has 2 heterocycles. The zero-order valence-corrected chi connectivity index (χ0v) is 24.5. The van der Waals surface area contributed by atoms with Gasteiger partial charge in [-0.15, -0.1) is 0 Å². The summed E-state index contributed by atoms with van der Waals surface area (Å²) in [6, 6.07) is 30.7. The number of carbonyl (C=O) groups is 1. The molecule has 6 N–H and O–H groups in total. The number of nitrogens with zero attached hydrogens (tertiary/aromatic N) is 1. The Morgan fingerprint density at radius 1 is 0.778 bits per heavy atom. The third-order valence-electron chi connectivity index (χ3n) is 9.00. The van der Waals surface area contributed by atoms with E-state index in [1.54, 1.807) is 35.2 Å². The van der Waals surface area contributed by atoms with Crippen molar-refractivity contribution in [1.29, 1.82) is 0 Å². The van der Waals surface area contributed by atoms with Gasteiger partial charge in [0.05, 0.1) is 24.7 Å². The summed E-state index contributed by atoms with van der Waals surface area (Å²) in [7, 11) is 0. The van der Waals surface area contributed by atoms with Crippen LogP contribution < -0.4 is 4.90 Å². The number of ether oxygens (including phenoxy) is 1. The van der Waals surface area contributed by atoms with Crippen LogP contribution in [-0.4, -0.2) is 67.6 Å². The maximum Gasteiger partial charge on any atom is 0.233 e. The summed E-state index contributed by atoms with van der Waals surface area (Å²) in [6.07, 6.45) is -6.07. The van der Waals surface area contributed by atoms with Crippen molar-refractivity contribution in [3.8, 4) is 16.9 Å². The molecule has 0 aromatic heterocycles. The first-order chi connectivity index (χ1) is 21.8. The zero-order valence-electron chi connectivity index (χ0n) is 24.5.